The third kappa shape index (κ3) is 4.14. The van der Waals surface area contributed by atoms with Gasteiger partial charge in [-0.15, -0.1) is 0 Å². The van der Waals surface area contributed by atoms with Gasteiger partial charge in [-0.05, 0) is 17.6 Å². The van der Waals surface area contributed by atoms with Crippen molar-refractivity contribution in [3.05, 3.63) is 42.2 Å². The molecule has 1 aromatic heterocycles. The second-order valence-electron chi connectivity index (χ2n) is 6.07. The first-order valence-corrected chi connectivity index (χ1v) is 8.67. The summed E-state index contributed by atoms with van der Waals surface area (Å²) in [6, 6.07) is 8.31. The van der Waals surface area contributed by atoms with Gasteiger partial charge in [-0.1, -0.05) is 37.3 Å². The summed E-state index contributed by atoms with van der Waals surface area (Å²) in [5.74, 6) is 0.945. The van der Waals surface area contributed by atoms with E-state index in [0.717, 1.165) is 24.4 Å². The lowest BCUT2D eigenvalue weighted by Gasteiger charge is -2.26. The zero-order chi connectivity index (χ0) is 17.6. The second-order valence-corrected chi connectivity index (χ2v) is 6.07. The summed E-state index contributed by atoms with van der Waals surface area (Å²) in [6.07, 6.45) is 5.35. The van der Waals surface area contributed by atoms with E-state index in [4.69, 9.17) is 4.74 Å². The van der Waals surface area contributed by atoms with E-state index in [1.807, 2.05) is 11.8 Å². The number of carbonyl (C=O) groups excluding carboxylic acids is 1. The van der Waals surface area contributed by atoms with Crippen molar-refractivity contribution in [1.82, 2.24) is 19.7 Å². The molecule has 0 unspecified atom stereocenters. The van der Waals surface area contributed by atoms with E-state index in [9.17, 15) is 4.79 Å². The maximum atomic E-state index is 11.8. The summed E-state index contributed by atoms with van der Waals surface area (Å²) in [6.45, 7) is 4.72. The van der Waals surface area contributed by atoms with E-state index >= 15 is 0 Å². The SMILES string of the molecule is CCC(=O)N1CC=C(c2ccc(-c3ncn(CCOC)n3)cc2)CC1. The lowest BCUT2D eigenvalue weighted by atomic mass is 9.98. The highest BCUT2D eigenvalue weighted by molar-refractivity contribution is 5.78. The number of nitrogens with zero attached hydrogens (tertiary/aromatic N) is 4. The van der Waals surface area contributed by atoms with Crippen molar-refractivity contribution in [3.63, 3.8) is 0 Å². The predicted octanol–water partition coefficient (Wildman–Crippen LogP) is 2.62. The number of aromatic nitrogens is 3. The molecule has 6 heteroatoms. The minimum Gasteiger partial charge on any atom is -0.383 e. The van der Waals surface area contributed by atoms with Crippen LogP contribution in [0, 0.1) is 0 Å². The molecule has 2 aromatic rings. The fourth-order valence-corrected chi connectivity index (χ4v) is 2.93. The summed E-state index contributed by atoms with van der Waals surface area (Å²) in [5, 5.41) is 4.47. The van der Waals surface area contributed by atoms with Crippen LogP contribution in [-0.2, 0) is 16.1 Å². The molecular weight excluding hydrogens is 316 g/mol. The maximum Gasteiger partial charge on any atom is 0.222 e. The average Bonchev–Trinajstić information content (AvgIpc) is 3.15. The van der Waals surface area contributed by atoms with E-state index in [1.165, 1.54) is 11.1 Å². The molecule has 6 nitrogen and oxygen atoms in total. The van der Waals surface area contributed by atoms with Crippen LogP contribution < -0.4 is 0 Å². The van der Waals surface area contributed by atoms with E-state index in [2.05, 4.69) is 40.4 Å². The summed E-state index contributed by atoms with van der Waals surface area (Å²) in [7, 11) is 1.67. The van der Waals surface area contributed by atoms with Crippen LogP contribution in [0.5, 0.6) is 0 Å². The number of rotatable bonds is 6. The van der Waals surface area contributed by atoms with Gasteiger partial charge in [-0.25, -0.2) is 4.98 Å². The van der Waals surface area contributed by atoms with E-state index < -0.39 is 0 Å². The highest BCUT2D eigenvalue weighted by atomic mass is 16.5. The fraction of sp³-hybridized carbons (Fsp3) is 0.421. The van der Waals surface area contributed by atoms with Gasteiger partial charge in [0.25, 0.3) is 0 Å². The van der Waals surface area contributed by atoms with Crippen molar-refractivity contribution in [2.24, 2.45) is 0 Å². The van der Waals surface area contributed by atoms with E-state index in [-0.39, 0.29) is 5.91 Å². The molecule has 132 valence electrons. The Morgan fingerprint density at radius 2 is 2.00 bits per heavy atom. The number of amides is 1. The van der Waals surface area contributed by atoms with Gasteiger partial charge in [-0.3, -0.25) is 9.48 Å². The normalized spacial score (nSPS) is 14.5. The molecule has 0 radical (unpaired) electrons. The second kappa shape index (κ2) is 8.07. The Bertz CT molecular complexity index is 749. The number of methoxy groups -OCH3 is 1. The smallest absolute Gasteiger partial charge is 0.222 e. The van der Waals surface area contributed by atoms with E-state index in [1.54, 1.807) is 18.1 Å². The number of hydrogen-bond donors (Lipinski definition) is 0. The van der Waals surface area contributed by atoms with Crippen molar-refractivity contribution in [2.45, 2.75) is 26.3 Å². The molecule has 0 fully saturated rings. The molecule has 0 bridgehead atoms. The first-order valence-electron chi connectivity index (χ1n) is 8.67. The summed E-state index contributed by atoms with van der Waals surface area (Å²) in [4.78, 5) is 18.0. The molecule has 0 aliphatic carbocycles. The zero-order valence-corrected chi connectivity index (χ0v) is 14.8. The fourth-order valence-electron chi connectivity index (χ4n) is 2.93. The van der Waals surface area contributed by atoms with Gasteiger partial charge in [0.05, 0.1) is 13.2 Å². The van der Waals surface area contributed by atoms with Crippen LogP contribution in [0.15, 0.2) is 36.7 Å². The minimum atomic E-state index is 0.223. The molecule has 1 aromatic carbocycles. The summed E-state index contributed by atoms with van der Waals surface area (Å²) in [5.41, 5.74) is 3.50. The van der Waals surface area contributed by atoms with Gasteiger partial charge < -0.3 is 9.64 Å². The Hall–Kier alpha value is -2.47. The Kier molecular flexibility index (Phi) is 5.60. The Labute approximate surface area is 148 Å². The molecule has 0 spiro atoms. The van der Waals surface area contributed by atoms with Crippen LogP contribution in [0.4, 0.5) is 0 Å². The largest absolute Gasteiger partial charge is 0.383 e. The van der Waals surface area contributed by atoms with Gasteiger partial charge in [-0.2, -0.15) is 5.10 Å². The zero-order valence-electron chi connectivity index (χ0n) is 14.8. The number of hydrogen-bond acceptors (Lipinski definition) is 4. The van der Waals surface area contributed by atoms with Gasteiger partial charge >= 0.3 is 0 Å². The molecular formula is C19H24N4O2. The Morgan fingerprint density at radius 1 is 1.24 bits per heavy atom. The quantitative estimate of drug-likeness (QED) is 0.811. The monoisotopic (exact) mass is 340 g/mol. The molecule has 1 amide bonds. The average molecular weight is 340 g/mol. The van der Waals surface area contributed by atoms with Crippen LogP contribution in [0.25, 0.3) is 17.0 Å². The van der Waals surface area contributed by atoms with Crippen molar-refractivity contribution < 1.29 is 9.53 Å². The summed E-state index contributed by atoms with van der Waals surface area (Å²) < 4.78 is 6.84. The summed E-state index contributed by atoms with van der Waals surface area (Å²) >= 11 is 0. The lowest BCUT2D eigenvalue weighted by Crippen LogP contribution is -2.34. The molecule has 3 rings (SSSR count). The van der Waals surface area contributed by atoms with Crippen molar-refractivity contribution >= 4 is 11.5 Å². The van der Waals surface area contributed by atoms with Gasteiger partial charge in [0.1, 0.15) is 6.33 Å². The van der Waals surface area contributed by atoms with Gasteiger partial charge in [0.15, 0.2) is 5.82 Å². The third-order valence-electron chi connectivity index (χ3n) is 4.44. The molecule has 0 atom stereocenters. The van der Waals surface area contributed by atoms with Crippen LogP contribution in [-0.4, -0.2) is 52.4 Å². The molecule has 25 heavy (non-hydrogen) atoms. The van der Waals surface area contributed by atoms with Gasteiger partial charge in [0.2, 0.25) is 5.91 Å². The van der Waals surface area contributed by atoms with Crippen molar-refractivity contribution in [2.75, 3.05) is 26.8 Å². The first-order chi connectivity index (χ1) is 12.2. The maximum absolute atomic E-state index is 11.8. The topological polar surface area (TPSA) is 60.2 Å². The highest BCUT2D eigenvalue weighted by Crippen LogP contribution is 2.25. The molecule has 1 aliphatic rings. The van der Waals surface area contributed by atoms with Crippen LogP contribution >= 0.6 is 0 Å². The van der Waals surface area contributed by atoms with Crippen molar-refractivity contribution in [3.8, 4) is 11.4 Å². The molecule has 2 heterocycles. The lowest BCUT2D eigenvalue weighted by molar-refractivity contribution is -0.130. The number of benzene rings is 1. The minimum absolute atomic E-state index is 0.223. The Morgan fingerprint density at radius 3 is 2.64 bits per heavy atom. The standard InChI is InChI=1S/C19H24N4O2/c1-3-18(24)22-10-8-16(9-11-22)15-4-6-17(7-5-15)19-20-14-23(21-19)12-13-25-2/h4-8,14H,3,9-13H2,1-2H3. The number of carbonyl (C=O) groups is 1. The number of ether oxygens (including phenoxy) is 1. The third-order valence-corrected chi connectivity index (χ3v) is 4.44. The van der Waals surface area contributed by atoms with Crippen LogP contribution in [0.3, 0.4) is 0 Å². The van der Waals surface area contributed by atoms with Crippen molar-refractivity contribution in [1.29, 1.82) is 0 Å². The molecule has 0 N–H and O–H groups in total. The molecule has 0 saturated carbocycles. The molecule has 0 saturated heterocycles. The first kappa shape index (κ1) is 17.4. The van der Waals surface area contributed by atoms with Crippen LogP contribution in [0.2, 0.25) is 0 Å². The van der Waals surface area contributed by atoms with Gasteiger partial charge in [0, 0.05) is 32.2 Å². The molecule has 1 aliphatic heterocycles. The Balaban J connectivity index is 1.67. The highest BCUT2D eigenvalue weighted by Gasteiger charge is 2.16. The predicted molar refractivity (Wildman–Crippen MR) is 96.8 cm³/mol. The van der Waals surface area contributed by atoms with Crippen LogP contribution in [0.1, 0.15) is 25.3 Å². The van der Waals surface area contributed by atoms with E-state index in [0.29, 0.717) is 26.1 Å².